The molecule has 0 saturated carbocycles. The smallest absolute Gasteiger partial charge is 0.355 e. The molecule has 0 radical (unpaired) electrons. The molecule has 8 nitrogen and oxygen atoms in total. The lowest BCUT2D eigenvalue weighted by Gasteiger charge is -2.24. The SMILES string of the molecule is CCOC(=O)C1=NN(CC)c2ccccc2C(OC(C)=O)C1C(=O)OC. The van der Waals surface area contributed by atoms with Gasteiger partial charge < -0.3 is 14.2 Å². The van der Waals surface area contributed by atoms with Crippen molar-refractivity contribution in [3.05, 3.63) is 29.8 Å². The number of carbonyl (C=O) groups excluding carboxylic acids is 3. The number of hydrogen-bond acceptors (Lipinski definition) is 8. The summed E-state index contributed by atoms with van der Waals surface area (Å²) in [6, 6.07) is 7.06. The van der Waals surface area contributed by atoms with Crippen molar-refractivity contribution in [2.45, 2.75) is 26.9 Å². The van der Waals surface area contributed by atoms with E-state index in [0.29, 0.717) is 17.8 Å². The van der Waals surface area contributed by atoms with E-state index >= 15 is 0 Å². The number of anilines is 1. The molecular weight excluding hydrogens is 340 g/mol. The van der Waals surface area contributed by atoms with Crippen LogP contribution >= 0.6 is 0 Å². The third-order valence-electron chi connectivity index (χ3n) is 3.88. The van der Waals surface area contributed by atoms with Gasteiger partial charge in [0.2, 0.25) is 0 Å². The highest BCUT2D eigenvalue weighted by Crippen LogP contribution is 2.38. The maximum atomic E-state index is 12.5. The van der Waals surface area contributed by atoms with Gasteiger partial charge in [-0.05, 0) is 19.9 Å². The van der Waals surface area contributed by atoms with Gasteiger partial charge in [-0.2, -0.15) is 5.10 Å². The Morgan fingerprint density at radius 1 is 1.19 bits per heavy atom. The largest absolute Gasteiger partial charge is 0.468 e. The average Bonchev–Trinajstić information content (AvgIpc) is 2.76. The van der Waals surface area contributed by atoms with Crippen LogP contribution in [0, 0.1) is 5.92 Å². The van der Waals surface area contributed by atoms with Crippen LogP contribution in [0.25, 0.3) is 0 Å². The molecule has 0 fully saturated rings. The van der Waals surface area contributed by atoms with E-state index in [-0.39, 0.29) is 12.3 Å². The Kier molecular flexibility index (Phi) is 6.32. The van der Waals surface area contributed by atoms with Crippen LogP contribution in [0.1, 0.15) is 32.4 Å². The standard InChI is InChI=1S/C18H22N2O6/c1-5-20-13-10-8-7-9-12(13)16(26-11(3)21)14(17(22)24-4)15(19-20)18(23)25-6-2/h7-10,14,16H,5-6H2,1-4H3. The van der Waals surface area contributed by atoms with Gasteiger partial charge in [0.15, 0.2) is 5.71 Å². The molecule has 1 aliphatic rings. The molecule has 0 aromatic heterocycles. The van der Waals surface area contributed by atoms with E-state index in [4.69, 9.17) is 14.2 Å². The Bertz CT molecular complexity index is 730. The molecule has 0 aliphatic carbocycles. The second-order valence-corrected chi connectivity index (χ2v) is 5.51. The topological polar surface area (TPSA) is 94.5 Å². The molecular formula is C18H22N2O6. The van der Waals surface area contributed by atoms with Crippen LogP contribution in [0.2, 0.25) is 0 Å². The highest BCUT2D eigenvalue weighted by Gasteiger charge is 2.44. The van der Waals surface area contributed by atoms with Gasteiger partial charge in [-0.3, -0.25) is 14.6 Å². The van der Waals surface area contributed by atoms with Gasteiger partial charge in [0, 0.05) is 19.0 Å². The molecule has 0 N–H and O–H groups in total. The highest BCUT2D eigenvalue weighted by atomic mass is 16.6. The third-order valence-corrected chi connectivity index (χ3v) is 3.88. The minimum absolute atomic E-state index is 0.114. The fraction of sp³-hybridized carbons (Fsp3) is 0.444. The number of methoxy groups -OCH3 is 1. The number of nitrogens with zero attached hydrogens (tertiary/aromatic N) is 2. The lowest BCUT2D eigenvalue weighted by molar-refractivity contribution is -0.157. The van der Waals surface area contributed by atoms with Gasteiger partial charge in [0.25, 0.3) is 0 Å². The van der Waals surface area contributed by atoms with Gasteiger partial charge in [-0.25, -0.2) is 4.79 Å². The highest BCUT2D eigenvalue weighted by molar-refractivity contribution is 6.41. The van der Waals surface area contributed by atoms with E-state index in [1.54, 1.807) is 36.2 Å². The number of ether oxygens (including phenoxy) is 3. The molecule has 0 saturated heterocycles. The molecule has 1 heterocycles. The van der Waals surface area contributed by atoms with Crippen molar-refractivity contribution in [3.8, 4) is 0 Å². The van der Waals surface area contributed by atoms with Crippen molar-refractivity contribution in [1.29, 1.82) is 0 Å². The zero-order valence-electron chi connectivity index (χ0n) is 15.2. The Morgan fingerprint density at radius 2 is 1.88 bits per heavy atom. The fourth-order valence-corrected chi connectivity index (χ4v) is 2.82. The normalized spacial score (nSPS) is 18.9. The number of benzene rings is 1. The summed E-state index contributed by atoms with van der Waals surface area (Å²) in [7, 11) is 1.20. The van der Waals surface area contributed by atoms with Crippen LogP contribution in [-0.4, -0.2) is 43.9 Å². The third kappa shape index (κ3) is 3.84. The average molecular weight is 362 g/mol. The van der Waals surface area contributed by atoms with E-state index in [2.05, 4.69) is 5.10 Å². The molecule has 2 atom stereocenters. The second kappa shape index (κ2) is 8.46. The first-order valence-corrected chi connectivity index (χ1v) is 8.31. The van der Waals surface area contributed by atoms with Gasteiger partial charge in [-0.15, -0.1) is 0 Å². The molecule has 2 unspecified atom stereocenters. The van der Waals surface area contributed by atoms with Crippen LogP contribution in [0.5, 0.6) is 0 Å². The summed E-state index contributed by atoms with van der Waals surface area (Å²) >= 11 is 0. The maximum Gasteiger partial charge on any atom is 0.355 e. The van der Waals surface area contributed by atoms with Crippen molar-refractivity contribution in [2.24, 2.45) is 11.0 Å². The van der Waals surface area contributed by atoms with Crippen molar-refractivity contribution < 1.29 is 28.6 Å². The number of hydrazone groups is 1. The Labute approximate surface area is 151 Å². The minimum Gasteiger partial charge on any atom is -0.468 e. The predicted molar refractivity (Wildman–Crippen MR) is 93.5 cm³/mol. The first kappa shape index (κ1) is 19.4. The van der Waals surface area contributed by atoms with Crippen molar-refractivity contribution in [2.75, 3.05) is 25.3 Å². The zero-order chi connectivity index (χ0) is 19.3. The summed E-state index contributed by atoms with van der Waals surface area (Å²) in [5, 5.41) is 5.92. The second-order valence-electron chi connectivity index (χ2n) is 5.51. The Hall–Kier alpha value is -2.90. The van der Waals surface area contributed by atoms with E-state index in [1.807, 2.05) is 6.92 Å². The molecule has 1 aromatic carbocycles. The Balaban J connectivity index is 2.71. The lowest BCUT2D eigenvalue weighted by atomic mass is 9.90. The monoisotopic (exact) mass is 362 g/mol. The number of para-hydroxylation sites is 1. The summed E-state index contributed by atoms with van der Waals surface area (Å²) in [5.41, 5.74) is 1.03. The van der Waals surface area contributed by atoms with Crippen molar-refractivity contribution in [1.82, 2.24) is 0 Å². The van der Waals surface area contributed by atoms with E-state index < -0.39 is 29.9 Å². The van der Waals surface area contributed by atoms with E-state index in [1.165, 1.54) is 14.0 Å². The molecule has 26 heavy (non-hydrogen) atoms. The van der Waals surface area contributed by atoms with Crippen molar-refractivity contribution in [3.63, 3.8) is 0 Å². The molecule has 2 rings (SSSR count). The summed E-state index contributed by atoms with van der Waals surface area (Å²) in [6.07, 6.45) is -1.06. The quantitative estimate of drug-likeness (QED) is 0.582. The van der Waals surface area contributed by atoms with E-state index in [9.17, 15) is 14.4 Å². The molecule has 0 bridgehead atoms. The van der Waals surface area contributed by atoms with Crippen LogP contribution < -0.4 is 5.01 Å². The van der Waals surface area contributed by atoms with Gasteiger partial charge in [-0.1, -0.05) is 18.2 Å². The fourth-order valence-electron chi connectivity index (χ4n) is 2.82. The summed E-state index contributed by atoms with van der Waals surface area (Å²) < 4.78 is 15.4. The number of fused-ring (bicyclic) bond motifs is 1. The summed E-state index contributed by atoms with van der Waals surface area (Å²) in [5.74, 6) is -3.32. The van der Waals surface area contributed by atoms with Crippen LogP contribution in [0.4, 0.5) is 5.69 Å². The number of esters is 3. The first-order chi connectivity index (χ1) is 12.4. The lowest BCUT2D eigenvalue weighted by Crippen LogP contribution is -2.38. The number of carbonyl (C=O) groups is 3. The van der Waals surface area contributed by atoms with Crippen molar-refractivity contribution >= 4 is 29.3 Å². The van der Waals surface area contributed by atoms with Crippen LogP contribution in [0.15, 0.2) is 29.4 Å². The molecule has 0 amide bonds. The molecule has 8 heteroatoms. The van der Waals surface area contributed by atoms with Crippen LogP contribution in [-0.2, 0) is 28.6 Å². The summed E-state index contributed by atoms with van der Waals surface area (Å²) in [4.78, 5) is 36.7. The van der Waals surface area contributed by atoms with Gasteiger partial charge in [0.1, 0.15) is 12.0 Å². The number of rotatable bonds is 5. The predicted octanol–water partition coefficient (Wildman–Crippen LogP) is 1.84. The molecule has 1 aliphatic heterocycles. The van der Waals surface area contributed by atoms with E-state index in [0.717, 1.165) is 0 Å². The molecule has 1 aromatic rings. The minimum atomic E-state index is -1.24. The van der Waals surface area contributed by atoms with Crippen LogP contribution in [0.3, 0.4) is 0 Å². The van der Waals surface area contributed by atoms with Gasteiger partial charge >= 0.3 is 17.9 Å². The molecule has 140 valence electrons. The van der Waals surface area contributed by atoms with Gasteiger partial charge in [0.05, 0.1) is 19.4 Å². The zero-order valence-corrected chi connectivity index (χ0v) is 15.2. The first-order valence-electron chi connectivity index (χ1n) is 8.31. The molecule has 0 spiro atoms. The Morgan fingerprint density at radius 3 is 2.46 bits per heavy atom. The number of hydrogen-bond donors (Lipinski definition) is 0. The maximum absolute atomic E-state index is 12.5. The summed E-state index contributed by atoms with van der Waals surface area (Å²) in [6.45, 7) is 5.28.